The number of rotatable bonds is 5. The molecule has 21 heavy (non-hydrogen) atoms. The number of hydrogen-bond donors (Lipinski definition) is 2. The van der Waals surface area contributed by atoms with E-state index in [1.807, 2.05) is 30.0 Å². The number of benzene rings is 2. The standard InChI is InChI=1S/C16H18FN3O/c1-2-20(10-11-5-3-6-12(18)9-11)14-8-4-7-13(17)15(14)16(19)21/h3-9H,2,10,18H2,1H3,(H2,19,21). The Kier molecular flexibility index (Phi) is 4.42. The van der Waals surface area contributed by atoms with Crippen LogP contribution in [0.5, 0.6) is 0 Å². The minimum atomic E-state index is -0.769. The Hall–Kier alpha value is -2.56. The van der Waals surface area contributed by atoms with Crippen molar-refractivity contribution in [2.45, 2.75) is 13.5 Å². The van der Waals surface area contributed by atoms with Crippen LogP contribution < -0.4 is 16.4 Å². The number of hydrogen-bond acceptors (Lipinski definition) is 3. The molecule has 0 aliphatic rings. The molecule has 2 rings (SSSR count). The zero-order chi connectivity index (χ0) is 15.4. The van der Waals surface area contributed by atoms with Crippen molar-refractivity contribution in [2.24, 2.45) is 5.73 Å². The Morgan fingerprint density at radius 2 is 1.95 bits per heavy atom. The lowest BCUT2D eigenvalue weighted by Gasteiger charge is -2.25. The number of primary amides is 1. The summed E-state index contributed by atoms with van der Waals surface area (Å²) in [5.41, 5.74) is 13.1. The molecule has 0 aliphatic carbocycles. The third-order valence-electron chi connectivity index (χ3n) is 3.28. The lowest BCUT2D eigenvalue weighted by Crippen LogP contribution is -2.26. The van der Waals surface area contributed by atoms with Crippen molar-refractivity contribution in [1.82, 2.24) is 0 Å². The average molecular weight is 287 g/mol. The molecular formula is C16H18FN3O. The van der Waals surface area contributed by atoms with E-state index in [0.717, 1.165) is 5.56 Å². The lowest BCUT2D eigenvalue weighted by atomic mass is 10.1. The molecule has 0 fully saturated rings. The zero-order valence-electron chi connectivity index (χ0n) is 11.8. The molecule has 0 spiro atoms. The maximum atomic E-state index is 13.9. The van der Waals surface area contributed by atoms with Crippen molar-refractivity contribution in [3.8, 4) is 0 Å². The van der Waals surface area contributed by atoms with E-state index in [1.165, 1.54) is 6.07 Å². The van der Waals surface area contributed by atoms with E-state index < -0.39 is 11.7 Å². The molecule has 0 heterocycles. The second kappa shape index (κ2) is 6.26. The number of carbonyl (C=O) groups excluding carboxylic acids is 1. The van der Waals surface area contributed by atoms with Crippen molar-refractivity contribution < 1.29 is 9.18 Å². The Morgan fingerprint density at radius 1 is 1.24 bits per heavy atom. The van der Waals surface area contributed by atoms with Crippen molar-refractivity contribution in [2.75, 3.05) is 17.2 Å². The quantitative estimate of drug-likeness (QED) is 0.830. The van der Waals surface area contributed by atoms with Gasteiger partial charge in [0.05, 0.1) is 11.3 Å². The van der Waals surface area contributed by atoms with Crippen LogP contribution in [0.2, 0.25) is 0 Å². The van der Waals surface area contributed by atoms with Gasteiger partial charge in [0.25, 0.3) is 5.91 Å². The van der Waals surface area contributed by atoms with E-state index in [4.69, 9.17) is 11.5 Å². The van der Waals surface area contributed by atoms with Gasteiger partial charge in [-0.25, -0.2) is 4.39 Å². The Balaban J connectivity index is 2.38. The van der Waals surface area contributed by atoms with Gasteiger partial charge in [0.2, 0.25) is 0 Å². The highest BCUT2D eigenvalue weighted by Gasteiger charge is 2.18. The fourth-order valence-electron chi connectivity index (χ4n) is 2.30. The van der Waals surface area contributed by atoms with Crippen LogP contribution in [-0.4, -0.2) is 12.5 Å². The molecular weight excluding hydrogens is 269 g/mol. The number of nitrogen functional groups attached to an aromatic ring is 1. The molecule has 0 atom stereocenters. The molecule has 0 saturated carbocycles. The maximum Gasteiger partial charge on any atom is 0.253 e. The summed E-state index contributed by atoms with van der Waals surface area (Å²) < 4.78 is 13.9. The lowest BCUT2D eigenvalue weighted by molar-refractivity contribution is 0.0997. The average Bonchev–Trinajstić information content (AvgIpc) is 2.44. The Morgan fingerprint density at radius 3 is 2.57 bits per heavy atom. The molecule has 5 heteroatoms. The maximum absolute atomic E-state index is 13.9. The van der Waals surface area contributed by atoms with Gasteiger partial charge in [-0.15, -0.1) is 0 Å². The van der Waals surface area contributed by atoms with Crippen LogP contribution in [0.25, 0.3) is 0 Å². The molecule has 110 valence electrons. The highest BCUT2D eigenvalue weighted by atomic mass is 19.1. The van der Waals surface area contributed by atoms with Gasteiger partial charge in [0.1, 0.15) is 5.82 Å². The van der Waals surface area contributed by atoms with Gasteiger partial charge >= 0.3 is 0 Å². The number of carbonyl (C=O) groups is 1. The summed E-state index contributed by atoms with van der Waals surface area (Å²) in [5.74, 6) is -1.37. The van der Waals surface area contributed by atoms with Crippen LogP contribution in [0.4, 0.5) is 15.8 Å². The Bertz CT molecular complexity index is 658. The second-order valence-corrected chi connectivity index (χ2v) is 4.76. The van der Waals surface area contributed by atoms with Crippen LogP contribution in [0.15, 0.2) is 42.5 Å². The first kappa shape index (κ1) is 14.8. The third kappa shape index (κ3) is 3.31. The number of nitrogens with zero attached hydrogens (tertiary/aromatic N) is 1. The number of nitrogens with two attached hydrogens (primary N) is 2. The van der Waals surface area contributed by atoms with Crippen molar-refractivity contribution in [3.63, 3.8) is 0 Å². The molecule has 0 saturated heterocycles. The van der Waals surface area contributed by atoms with Gasteiger partial charge in [0.15, 0.2) is 0 Å². The van der Waals surface area contributed by atoms with Crippen LogP contribution in [0, 0.1) is 5.82 Å². The second-order valence-electron chi connectivity index (χ2n) is 4.76. The number of amides is 1. The van der Waals surface area contributed by atoms with E-state index in [0.29, 0.717) is 24.5 Å². The van der Waals surface area contributed by atoms with Crippen LogP contribution in [0.1, 0.15) is 22.8 Å². The fourth-order valence-corrected chi connectivity index (χ4v) is 2.30. The van der Waals surface area contributed by atoms with E-state index in [-0.39, 0.29) is 5.56 Å². The normalized spacial score (nSPS) is 10.4. The summed E-state index contributed by atoms with van der Waals surface area (Å²) in [6, 6.07) is 11.9. The van der Waals surface area contributed by atoms with E-state index in [1.54, 1.807) is 18.2 Å². The fraction of sp³-hybridized carbons (Fsp3) is 0.188. The van der Waals surface area contributed by atoms with Gasteiger partial charge in [-0.05, 0) is 36.8 Å². The molecule has 4 nitrogen and oxygen atoms in total. The number of halogens is 1. The topological polar surface area (TPSA) is 72.3 Å². The minimum absolute atomic E-state index is 0.0803. The molecule has 0 aromatic heterocycles. The zero-order valence-corrected chi connectivity index (χ0v) is 11.8. The highest BCUT2D eigenvalue weighted by molar-refractivity contribution is 5.99. The summed E-state index contributed by atoms with van der Waals surface area (Å²) in [7, 11) is 0. The van der Waals surface area contributed by atoms with Gasteiger partial charge in [-0.2, -0.15) is 0 Å². The molecule has 0 aliphatic heterocycles. The predicted octanol–water partition coefficient (Wildman–Crippen LogP) is 2.53. The summed E-state index contributed by atoms with van der Waals surface area (Å²) >= 11 is 0. The molecule has 2 aromatic carbocycles. The summed E-state index contributed by atoms with van der Waals surface area (Å²) in [6.45, 7) is 3.06. The monoisotopic (exact) mass is 287 g/mol. The van der Waals surface area contributed by atoms with Crippen molar-refractivity contribution in [3.05, 3.63) is 59.4 Å². The molecule has 0 unspecified atom stereocenters. The molecule has 0 bridgehead atoms. The van der Waals surface area contributed by atoms with Crippen LogP contribution in [-0.2, 0) is 6.54 Å². The molecule has 2 aromatic rings. The summed E-state index contributed by atoms with van der Waals surface area (Å²) in [6.07, 6.45) is 0. The van der Waals surface area contributed by atoms with E-state index in [9.17, 15) is 9.18 Å². The largest absolute Gasteiger partial charge is 0.399 e. The minimum Gasteiger partial charge on any atom is -0.399 e. The molecule has 0 radical (unpaired) electrons. The van der Waals surface area contributed by atoms with Crippen molar-refractivity contribution >= 4 is 17.3 Å². The molecule has 4 N–H and O–H groups in total. The summed E-state index contributed by atoms with van der Waals surface area (Å²) in [5, 5.41) is 0. The highest BCUT2D eigenvalue weighted by Crippen LogP contribution is 2.24. The van der Waals surface area contributed by atoms with E-state index in [2.05, 4.69) is 0 Å². The predicted molar refractivity (Wildman–Crippen MR) is 82.5 cm³/mol. The first-order chi connectivity index (χ1) is 10.0. The first-order valence-corrected chi connectivity index (χ1v) is 6.70. The van der Waals surface area contributed by atoms with Gasteiger partial charge in [0, 0.05) is 18.8 Å². The van der Waals surface area contributed by atoms with Crippen molar-refractivity contribution in [1.29, 1.82) is 0 Å². The summed E-state index contributed by atoms with van der Waals surface area (Å²) in [4.78, 5) is 13.4. The molecule has 1 amide bonds. The van der Waals surface area contributed by atoms with Gasteiger partial charge in [-0.1, -0.05) is 18.2 Å². The third-order valence-corrected chi connectivity index (χ3v) is 3.28. The Labute approximate surface area is 123 Å². The van der Waals surface area contributed by atoms with Gasteiger partial charge < -0.3 is 16.4 Å². The van der Waals surface area contributed by atoms with Crippen LogP contribution >= 0.6 is 0 Å². The smallest absolute Gasteiger partial charge is 0.253 e. The first-order valence-electron chi connectivity index (χ1n) is 6.70. The van der Waals surface area contributed by atoms with E-state index >= 15 is 0 Å². The van der Waals surface area contributed by atoms with Crippen LogP contribution in [0.3, 0.4) is 0 Å². The SMILES string of the molecule is CCN(Cc1cccc(N)c1)c1cccc(F)c1C(N)=O. The van der Waals surface area contributed by atoms with Gasteiger partial charge in [-0.3, -0.25) is 4.79 Å². The number of anilines is 2.